The molecule has 2 amide bonds. The Hall–Kier alpha value is -3.70. The fourth-order valence-corrected chi connectivity index (χ4v) is 6.01. The highest BCUT2D eigenvalue weighted by Gasteiger charge is 2.32. The smallest absolute Gasteiger partial charge is 0.264 e. The van der Waals surface area contributed by atoms with Crippen molar-refractivity contribution in [3.63, 3.8) is 0 Å². The molecule has 3 aromatic rings. The van der Waals surface area contributed by atoms with Crippen LogP contribution >= 0.6 is 11.8 Å². The molecule has 0 aliphatic carbocycles. The summed E-state index contributed by atoms with van der Waals surface area (Å²) in [5, 5.41) is 2.84. The molecule has 3 rings (SSSR count). The summed E-state index contributed by atoms with van der Waals surface area (Å²) < 4.78 is 39.9. The number of methoxy groups -OCH3 is 1. The maximum absolute atomic E-state index is 14.0. The molecular formula is C31H39N3O6S2. The number of nitrogens with one attached hydrogen (secondary N) is 1. The highest BCUT2D eigenvalue weighted by Crippen LogP contribution is 2.28. The van der Waals surface area contributed by atoms with Crippen LogP contribution in [0.1, 0.15) is 32.8 Å². The first kappa shape index (κ1) is 32.8. The van der Waals surface area contributed by atoms with Gasteiger partial charge >= 0.3 is 0 Å². The molecule has 0 aromatic heterocycles. The maximum Gasteiger partial charge on any atom is 0.264 e. The number of rotatable bonds is 15. The quantitative estimate of drug-likeness (QED) is 0.242. The molecule has 226 valence electrons. The maximum atomic E-state index is 14.0. The van der Waals surface area contributed by atoms with E-state index in [1.165, 1.54) is 28.8 Å². The summed E-state index contributed by atoms with van der Waals surface area (Å²) in [6, 6.07) is 19.4. The van der Waals surface area contributed by atoms with Gasteiger partial charge in [0.25, 0.3) is 10.0 Å². The standard InChI is InChI=1S/C31H39N3O6S2/c1-6-20-32-31(36)23(3)33(21-24-8-12-26(39-4)13-9-24)30(35)22-34(25-10-14-27(15-11-25)40-7-2)42(37,38)29-18-16-28(41-5)17-19-29/h8-19,23H,6-7,20-22H2,1-5H3,(H,32,36)/t23-/m1/s1. The third-order valence-electron chi connectivity index (χ3n) is 6.59. The van der Waals surface area contributed by atoms with E-state index >= 15 is 0 Å². The summed E-state index contributed by atoms with van der Waals surface area (Å²) >= 11 is 1.50. The van der Waals surface area contributed by atoms with Crippen LogP contribution in [0.5, 0.6) is 11.5 Å². The normalized spacial score (nSPS) is 11.8. The number of hydrogen-bond donors (Lipinski definition) is 1. The third kappa shape index (κ3) is 8.42. The van der Waals surface area contributed by atoms with Gasteiger partial charge in [0.15, 0.2) is 0 Å². The highest BCUT2D eigenvalue weighted by molar-refractivity contribution is 7.98. The molecular weight excluding hydrogens is 574 g/mol. The Balaban J connectivity index is 2.02. The second kappa shape index (κ2) is 15.5. The SMILES string of the molecule is CCCNC(=O)[C@@H](C)N(Cc1ccc(OC)cc1)C(=O)CN(c1ccc(OCC)cc1)S(=O)(=O)c1ccc(SC)cc1. The molecule has 0 aliphatic heterocycles. The van der Waals surface area contributed by atoms with E-state index in [4.69, 9.17) is 9.47 Å². The lowest BCUT2D eigenvalue weighted by Gasteiger charge is -2.32. The predicted molar refractivity (Wildman–Crippen MR) is 167 cm³/mol. The Labute approximate surface area is 253 Å². The van der Waals surface area contributed by atoms with Gasteiger partial charge in [-0.15, -0.1) is 11.8 Å². The van der Waals surface area contributed by atoms with Crippen LogP contribution in [-0.4, -0.2) is 64.2 Å². The molecule has 0 heterocycles. The molecule has 0 bridgehead atoms. The first-order valence-corrected chi connectivity index (χ1v) is 16.4. The van der Waals surface area contributed by atoms with Gasteiger partial charge in [0.05, 0.1) is 24.3 Å². The number of anilines is 1. The van der Waals surface area contributed by atoms with E-state index in [0.717, 1.165) is 21.2 Å². The van der Waals surface area contributed by atoms with Crippen LogP contribution in [0.15, 0.2) is 82.6 Å². The topological polar surface area (TPSA) is 105 Å². The van der Waals surface area contributed by atoms with E-state index in [1.54, 1.807) is 62.6 Å². The van der Waals surface area contributed by atoms with Gasteiger partial charge in [-0.05, 0) is 92.8 Å². The number of nitrogens with zero attached hydrogens (tertiary/aromatic N) is 2. The van der Waals surface area contributed by atoms with Crippen molar-refractivity contribution in [1.82, 2.24) is 10.2 Å². The minimum Gasteiger partial charge on any atom is -0.497 e. The molecule has 0 saturated heterocycles. The van der Waals surface area contributed by atoms with Crippen molar-refractivity contribution in [3.05, 3.63) is 78.4 Å². The molecule has 0 saturated carbocycles. The molecule has 3 aromatic carbocycles. The Bertz CT molecular complexity index is 1410. The molecule has 11 heteroatoms. The number of thioether (sulfide) groups is 1. The fraction of sp³-hybridized carbons (Fsp3) is 0.355. The molecule has 0 radical (unpaired) electrons. The zero-order chi connectivity index (χ0) is 30.7. The number of carbonyl (C=O) groups is 2. The number of hydrogen-bond acceptors (Lipinski definition) is 7. The molecule has 1 atom stereocenters. The first-order valence-electron chi connectivity index (χ1n) is 13.7. The molecule has 1 N–H and O–H groups in total. The van der Waals surface area contributed by atoms with Crippen LogP contribution in [0.4, 0.5) is 5.69 Å². The molecule has 0 spiro atoms. The van der Waals surface area contributed by atoms with E-state index in [1.807, 2.05) is 32.2 Å². The number of amides is 2. The zero-order valence-corrected chi connectivity index (χ0v) is 26.3. The Morgan fingerprint density at radius 2 is 1.55 bits per heavy atom. The lowest BCUT2D eigenvalue weighted by atomic mass is 10.1. The van der Waals surface area contributed by atoms with Gasteiger partial charge in [-0.2, -0.15) is 0 Å². The van der Waals surface area contributed by atoms with Gasteiger partial charge < -0.3 is 19.7 Å². The van der Waals surface area contributed by atoms with E-state index in [2.05, 4.69) is 5.32 Å². The number of benzene rings is 3. The number of ether oxygens (including phenoxy) is 2. The average molecular weight is 614 g/mol. The minimum atomic E-state index is -4.16. The number of carbonyl (C=O) groups excluding carboxylic acids is 2. The molecule has 0 fully saturated rings. The van der Waals surface area contributed by atoms with Crippen molar-refractivity contribution >= 4 is 39.3 Å². The number of sulfonamides is 1. The Morgan fingerprint density at radius 1 is 0.929 bits per heavy atom. The van der Waals surface area contributed by atoms with Crippen molar-refractivity contribution in [2.45, 2.75) is 49.6 Å². The van der Waals surface area contributed by atoms with Crippen LogP contribution in [0.3, 0.4) is 0 Å². The lowest BCUT2D eigenvalue weighted by molar-refractivity contribution is -0.139. The molecule has 42 heavy (non-hydrogen) atoms. The van der Waals surface area contributed by atoms with Gasteiger partial charge in [-0.25, -0.2) is 8.42 Å². The Morgan fingerprint density at radius 3 is 2.10 bits per heavy atom. The van der Waals surface area contributed by atoms with Crippen LogP contribution in [0.2, 0.25) is 0 Å². The van der Waals surface area contributed by atoms with Gasteiger partial charge in [0.1, 0.15) is 24.1 Å². The largest absolute Gasteiger partial charge is 0.497 e. The predicted octanol–water partition coefficient (Wildman–Crippen LogP) is 4.95. The van der Waals surface area contributed by atoms with Crippen LogP contribution in [0, 0.1) is 0 Å². The second-order valence-corrected chi connectivity index (χ2v) is 12.2. The van der Waals surface area contributed by atoms with Gasteiger partial charge in [-0.1, -0.05) is 19.1 Å². The lowest BCUT2D eigenvalue weighted by Crippen LogP contribution is -2.51. The van der Waals surface area contributed by atoms with E-state index < -0.39 is 28.5 Å². The van der Waals surface area contributed by atoms with Crippen LogP contribution < -0.4 is 19.1 Å². The molecule has 9 nitrogen and oxygen atoms in total. The monoisotopic (exact) mass is 613 g/mol. The summed E-state index contributed by atoms with van der Waals surface area (Å²) in [5.41, 5.74) is 1.07. The van der Waals surface area contributed by atoms with E-state index in [-0.39, 0.29) is 17.3 Å². The van der Waals surface area contributed by atoms with Crippen molar-refractivity contribution in [1.29, 1.82) is 0 Å². The van der Waals surface area contributed by atoms with Gasteiger partial charge in [0.2, 0.25) is 11.8 Å². The first-order chi connectivity index (χ1) is 20.1. The van der Waals surface area contributed by atoms with E-state index in [9.17, 15) is 18.0 Å². The minimum absolute atomic E-state index is 0.0532. The highest BCUT2D eigenvalue weighted by atomic mass is 32.2. The van der Waals surface area contributed by atoms with Gasteiger partial charge in [-0.3, -0.25) is 13.9 Å². The van der Waals surface area contributed by atoms with E-state index in [0.29, 0.717) is 30.3 Å². The Kier molecular flexibility index (Phi) is 12.1. The van der Waals surface area contributed by atoms with Crippen molar-refractivity contribution in [3.8, 4) is 11.5 Å². The van der Waals surface area contributed by atoms with Crippen LogP contribution in [0.25, 0.3) is 0 Å². The summed E-state index contributed by atoms with van der Waals surface area (Å²) in [5.74, 6) is 0.396. The van der Waals surface area contributed by atoms with Crippen molar-refractivity contribution < 1.29 is 27.5 Å². The summed E-state index contributed by atoms with van der Waals surface area (Å²) in [6.45, 7) is 5.95. The zero-order valence-electron chi connectivity index (χ0n) is 24.7. The van der Waals surface area contributed by atoms with Gasteiger partial charge in [0, 0.05) is 18.0 Å². The molecule has 0 unspecified atom stereocenters. The van der Waals surface area contributed by atoms with Crippen molar-refractivity contribution in [2.24, 2.45) is 0 Å². The third-order valence-corrected chi connectivity index (χ3v) is 9.12. The average Bonchev–Trinajstić information content (AvgIpc) is 3.01. The summed E-state index contributed by atoms with van der Waals surface area (Å²) in [7, 11) is -2.59. The van der Waals surface area contributed by atoms with Crippen LogP contribution in [-0.2, 0) is 26.2 Å². The summed E-state index contributed by atoms with van der Waals surface area (Å²) in [6.07, 6.45) is 2.65. The second-order valence-electron chi connectivity index (χ2n) is 9.45. The summed E-state index contributed by atoms with van der Waals surface area (Å²) in [4.78, 5) is 29.4. The molecule has 0 aliphatic rings. The van der Waals surface area contributed by atoms with Crippen molar-refractivity contribution in [2.75, 3.05) is 37.4 Å². The fourth-order valence-electron chi connectivity index (χ4n) is 4.19.